The standard InChI is InChI=1S/C17H25NO2/c1-12(2)13(3)18(4)17(19)16-15(10-11-20-16)14-8-6-5-7-9-14/h5-9,12-13,15-16H,10-11H2,1-4H3/t13-,15-,16-/m1/s1. The molecular weight excluding hydrogens is 250 g/mol. The number of hydrogen-bond donors (Lipinski definition) is 0. The second-order valence-electron chi connectivity index (χ2n) is 6.03. The van der Waals surface area contributed by atoms with E-state index >= 15 is 0 Å². The summed E-state index contributed by atoms with van der Waals surface area (Å²) >= 11 is 0. The molecule has 1 fully saturated rings. The van der Waals surface area contributed by atoms with E-state index in [0.29, 0.717) is 12.5 Å². The molecule has 0 saturated carbocycles. The summed E-state index contributed by atoms with van der Waals surface area (Å²) in [4.78, 5) is 14.5. The zero-order valence-corrected chi connectivity index (χ0v) is 12.9. The van der Waals surface area contributed by atoms with Crippen molar-refractivity contribution in [1.29, 1.82) is 0 Å². The summed E-state index contributed by atoms with van der Waals surface area (Å²) in [5.41, 5.74) is 1.20. The van der Waals surface area contributed by atoms with Crippen LogP contribution in [0.2, 0.25) is 0 Å². The van der Waals surface area contributed by atoms with E-state index in [-0.39, 0.29) is 24.0 Å². The predicted molar refractivity (Wildman–Crippen MR) is 80.6 cm³/mol. The van der Waals surface area contributed by atoms with E-state index in [1.165, 1.54) is 5.56 Å². The SMILES string of the molecule is CC(C)[C@@H](C)N(C)C(=O)[C@@H]1OCC[C@@H]1c1ccccc1. The van der Waals surface area contributed by atoms with Crippen molar-refractivity contribution >= 4 is 5.91 Å². The first-order chi connectivity index (χ1) is 9.52. The maximum atomic E-state index is 12.7. The van der Waals surface area contributed by atoms with Gasteiger partial charge in [-0.3, -0.25) is 4.79 Å². The minimum absolute atomic E-state index is 0.109. The molecule has 1 aliphatic heterocycles. The van der Waals surface area contributed by atoms with Gasteiger partial charge in [0.05, 0.1) is 0 Å². The topological polar surface area (TPSA) is 29.5 Å². The van der Waals surface area contributed by atoms with E-state index in [1.54, 1.807) is 0 Å². The minimum atomic E-state index is -0.330. The van der Waals surface area contributed by atoms with E-state index in [2.05, 4.69) is 32.9 Å². The summed E-state index contributed by atoms with van der Waals surface area (Å²) in [6, 6.07) is 10.5. The Hall–Kier alpha value is -1.35. The summed E-state index contributed by atoms with van der Waals surface area (Å²) < 4.78 is 5.74. The Labute approximate surface area is 121 Å². The average Bonchev–Trinajstić information content (AvgIpc) is 2.95. The molecule has 1 aromatic carbocycles. The Morgan fingerprint density at radius 2 is 1.90 bits per heavy atom. The summed E-state index contributed by atoms with van der Waals surface area (Å²) in [5.74, 6) is 0.739. The zero-order chi connectivity index (χ0) is 14.7. The Morgan fingerprint density at radius 3 is 2.50 bits per heavy atom. The fourth-order valence-electron chi connectivity index (χ4n) is 2.72. The number of nitrogens with zero attached hydrogens (tertiary/aromatic N) is 1. The molecule has 3 atom stereocenters. The molecule has 1 aromatic rings. The van der Waals surface area contributed by atoms with Crippen LogP contribution in [0.3, 0.4) is 0 Å². The molecule has 110 valence electrons. The van der Waals surface area contributed by atoms with E-state index in [9.17, 15) is 4.79 Å². The summed E-state index contributed by atoms with van der Waals surface area (Å²) in [6.07, 6.45) is 0.591. The molecule has 1 saturated heterocycles. The Kier molecular flexibility index (Phi) is 4.81. The van der Waals surface area contributed by atoms with Gasteiger partial charge < -0.3 is 9.64 Å². The lowest BCUT2D eigenvalue weighted by Crippen LogP contribution is -2.45. The first-order valence-electron chi connectivity index (χ1n) is 7.45. The first-order valence-corrected chi connectivity index (χ1v) is 7.45. The van der Waals surface area contributed by atoms with Crippen LogP contribution in [-0.4, -0.2) is 36.6 Å². The lowest BCUT2D eigenvalue weighted by atomic mass is 9.91. The molecule has 1 aliphatic rings. The second kappa shape index (κ2) is 6.40. The molecule has 0 N–H and O–H groups in total. The zero-order valence-electron chi connectivity index (χ0n) is 12.9. The number of amides is 1. The number of hydrogen-bond acceptors (Lipinski definition) is 2. The van der Waals surface area contributed by atoms with Crippen LogP contribution in [0, 0.1) is 5.92 Å². The highest BCUT2D eigenvalue weighted by molar-refractivity contribution is 5.82. The molecule has 0 aliphatic carbocycles. The molecule has 0 radical (unpaired) electrons. The Balaban J connectivity index is 2.13. The van der Waals surface area contributed by atoms with Crippen molar-refractivity contribution in [2.75, 3.05) is 13.7 Å². The van der Waals surface area contributed by atoms with E-state index in [1.807, 2.05) is 30.1 Å². The van der Waals surface area contributed by atoms with Crippen LogP contribution in [0.15, 0.2) is 30.3 Å². The Bertz CT molecular complexity index is 444. The van der Waals surface area contributed by atoms with Crippen molar-refractivity contribution in [3.8, 4) is 0 Å². The number of likely N-dealkylation sites (N-methyl/N-ethyl adjacent to an activating group) is 1. The third-order valence-corrected chi connectivity index (χ3v) is 4.49. The molecular formula is C17H25NO2. The van der Waals surface area contributed by atoms with Gasteiger partial charge in [0.2, 0.25) is 0 Å². The van der Waals surface area contributed by atoms with Gasteiger partial charge in [0, 0.05) is 25.6 Å². The van der Waals surface area contributed by atoms with Crippen LogP contribution in [0.25, 0.3) is 0 Å². The molecule has 0 spiro atoms. The van der Waals surface area contributed by atoms with E-state index < -0.39 is 0 Å². The quantitative estimate of drug-likeness (QED) is 0.845. The van der Waals surface area contributed by atoms with Gasteiger partial charge in [0.15, 0.2) is 0 Å². The third-order valence-electron chi connectivity index (χ3n) is 4.49. The number of benzene rings is 1. The van der Waals surface area contributed by atoms with Gasteiger partial charge in [-0.25, -0.2) is 0 Å². The molecule has 20 heavy (non-hydrogen) atoms. The first kappa shape index (κ1) is 15.0. The van der Waals surface area contributed by atoms with Gasteiger partial charge in [0.1, 0.15) is 6.10 Å². The van der Waals surface area contributed by atoms with Crippen molar-refractivity contribution in [2.24, 2.45) is 5.92 Å². The average molecular weight is 275 g/mol. The van der Waals surface area contributed by atoms with Gasteiger partial charge in [-0.05, 0) is 24.8 Å². The minimum Gasteiger partial charge on any atom is -0.368 e. The molecule has 1 heterocycles. The largest absolute Gasteiger partial charge is 0.368 e. The summed E-state index contributed by atoms with van der Waals surface area (Å²) in [5, 5.41) is 0. The lowest BCUT2D eigenvalue weighted by molar-refractivity contribution is -0.142. The molecule has 0 aromatic heterocycles. The highest BCUT2D eigenvalue weighted by Crippen LogP contribution is 2.32. The van der Waals surface area contributed by atoms with Crippen LogP contribution in [0.1, 0.15) is 38.7 Å². The molecule has 3 heteroatoms. The summed E-state index contributed by atoms with van der Waals surface area (Å²) in [7, 11) is 1.89. The van der Waals surface area contributed by atoms with Crippen molar-refractivity contribution in [3.05, 3.63) is 35.9 Å². The monoisotopic (exact) mass is 275 g/mol. The maximum absolute atomic E-state index is 12.7. The molecule has 1 amide bonds. The lowest BCUT2D eigenvalue weighted by Gasteiger charge is -2.31. The van der Waals surface area contributed by atoms with Crippen LogP contribution in [0.5, 0.6) is 0 Å². The third kappa shape index (κ3) is 3.04. The van der Waals surface area contributed by atoms with Crippen LogP contribution in [-0.2, 0) is 9.53 Å². The van der Waals surface area contributed by atoms with Gasteiger partial charge >= 0.3 is 0 Å². The predicted octanol–water partition coefficient (Wildman–Crippen LogP) is 3.06. The fraction of sp³-hybridized carbons (Fsp3) is 0.588. The van der Waals surface area contributed by atoms with Gasteiger partial charge in [-0.1, -0.05) is 44.2 Å². The van der Waals surface area contributed by atoms with E-state index in [4.69, 9.17) is 4.74 Å². The molecule has 0 bridgehead atoms. The van der Waals surface area contributed by atoms with Crippen molar-refractivity contribution < 1.29 is 9.53 Å². The van der Waals surface area contributed by atoms with Crippen LogP contribution in [0.4, 0.5) is 0 Å². The van der Waals surface area contributed by atoms with Gasteiger partial charge in [-0.2, -0.15) is 0 Å². The van der Waals surface area contributed by atoms with Crippen LogP contribution < -0.4 is 0 Å². The summed E-state index contributed by atoms with van der Waals surface area (Å²) in [6.45, 7) is 7.03. The maximum Gasteiger partial charge on any atom is 0.252 e. The fourth-order valence-corrected chi connectivity index (χ4v) is 2.72. The van der Waals surface area contributed by atoms with Gasteiger partial charge in [0.25, 0.3) is 5.91 Å². The molecule has 2 rings (SSSR count). The number of carbonyl (C=O) groups is 1. The molecule has 0 unspecified atom stereocenters. The number of ether oxygens (including phenoxy) is 1. The smallest absolute Gasteiger partial charge is 0.252 e. The second-order valence-corrected chi connectivity index (χ2v) is 6.03. The highest BCUT2D eigenvalue weighted by atomic mass is 16.5. The molecule has 3 nitrogen and oxygen atoms in total. The van der Waals surface area contributed by atoms with Gasteiger partial charge in [-0.15, -0.1) is 0 Å². The normalized spacial score (nSPS) is 23.9. The van der Waals surface area contributed by atoms with Crippen molar-refractivity contribution in [1.82, 2.24) is 4.90 Å². The van der Waals surface area contributed by atoms with Crippen LogP contribution >= 0.6 is 0 Å². The highest BCUT2D eigenvalue weighted by Gasteiger charge is 2.37. The number of rotatable bonds is 4. The van der Waals surface area contributed by atoms with Crippen molar-refractivity contribution in [3.63, 3.8) is 0 Å². The van der Waals surface area contributed by atoms with Crippen molar-refractivity contribution in [2.45, 2.75) is 45.3 Å². The van der Waals surface area contributed by atoms with E-state index in [0.717, 1.165) is 6.42 Å². The number of carbonyl (C=O) groups excluding carboxylic acids is 1. The Morgan fingerprint density at radius 1 is 1.25 bits per heavy atom.